The van der Waals surface area contributed by atoms with Crippen LogP contribution in [0.25, 0.3) is 11.3 Å². The first-order valence-electron chi connectivity index (χ1n) is 9.77. The summed E-state index contributed by atoms with van der Waals surface area (Å²) in [6, 6.07) is 8.81. The molecule has 26 heavy (non-hydrogen) atoms. The van der Waals surface area contributed by atoms with Crippen molar-refractivity contribution < 1.29 is 14.2 Å². The number of hydrogen-bond donors (Lipinski definition) is 0. The molecule has 1 saturated heterocycles. The summed E-state index contributed by atoms with van der Waals surface area (Å²) in [5.41, 5.74) is 3.34. The van der Waals surface area contributed by atoms with E-state index in [4.69, 9.17) is 19.3 Å². The molecule has 0 unspecified atom stereocenters. The average Bonchev–Trinajstić information content (AvgIpc) is 3.32. The number of aromatic nitrogens is 2. The van der Waals surface area contributed by atoms with E-state index in [0.29, 0.717) is 6.04 Å². The van der Waals surface area contributed by atoms with E-state index in [-0.39, 0.29) is 6.29 Å². The van der Waals surface area contributed by atoms with Crippen molar-refractivity contribution in [3.63, 3.8) is 0 Å². The summed E-state index contributed by atoms with van der Waals surface area (Å²) in [6.07, 6.45) is 8.13. The van der Waals surface area contributed by atoms with Crippen LogP contribution in [-0.4, -0.2) is 29.8 Å². The lowest BCUT2D eigenvalue weighted by atomic mass is 9.95. The average molecular weight is 356 g/mol. The van der Waals surface area contributed by atoms with Crippen molar-refractivity contribution in [2.75, 3.05) is 13.7 Å². The lowest BCUT2D eigenvalue weighted by molar-refractivity contribution is -0.0402. The van der Waals surface area contributed by atoms with Gasteiger partial charge in [-0.2, -0.15) is 5.10 Å². The van der Waals surface area contributed by atoms with Crippen LogP contribution in [0.5, 0.6) is 11.5 Å². The Morgan fingerprint density at radius 2 is 1.88 bits per heavy atom. The second-order valence-corrected chi connectivity index (χ2v) is 7.33. The maximum absolute atomic E-state index is 6.07. The summed E-state index contributed by atoms with van der Waals surface area (Å²) in [4.78, 5) is 0. The van der Waals surface area contributed by atoms with Gasteiger partial charge in [0.15, 0.2) is 17.8 Å². The Hall–Kier alpha value is -2.01. The minimum Gasteiger partial charge on any atom is -0.493 e. The highest BCUT2D eigenvalue weighted by Crippen LogP contribution is 2.37. The van der Waals surface area contributed by atoms with E-state index in [9.17, 15) is 0 Å². The van der Waals surface area contributed by atoms with Crippen molar-refractivity contribution in [1.29, 1.82) is 0 Å². The number of benzene rings is 1. The molecule has 5 nitrogen and oxygen atoms in total. The van der Waals surface area contributed by atoms with Crippen LogP contribution in [0.3, 0.4) is 0 Å². The molecule has 0 bridgehead atoms. The van der Waals surface area contributed by atoms with Crippen molar-refractivity contribution in [2.24, 2.45) is 0 Å². The van der Waals surface area contributed by atoms with Gasteiger partial charge in [0.1, 0.15) is 0 Å². The number of hydrogen-bond acceptors (Lipinski definition) is 4. The lowest BCUT2D eigenvalue weighted by Gasteiger charge is -2.24. The molecule has 0 spiro atoms. The highest BCUT2D eigenvalue weighted by Gasteiger charge is 2.22. The van der Waals surface area contributed by atoms with Crippen molar-refractivity contribution >= 4 is 0 Å². The van der Waals surface area contributed by atoms with Gasteiger partial charge in [-0.3, -0.25) is 4.68 Å². The van der Waals surface area contributed by atoms with Gasteiger partial charge >= 0.3 is 0 Å². The fraction of sp³-hybridized carbons (Fsp3) is 0.571. The summed E-state index contributed by atoms with van der Waals surface area (Å²) < 4.78 is 19.4. The summed E-state index contributed by atoms with van der Waals surface area (Å²) in [5, 5.41) is 4.81. The van der Waals surface area contributed by atoms with Crippen LogP contribution in [0, 0.1) is 6.92 Å². The third-order valence-corrected chi connectivity index (χ3v) is 5.38. The zero-order chi connectivity index (χ0) is 17.9. The maximum atomic E-state index is 6.07. The molecule has 1 saturated carbocycles. The van der Waals surface area contributed by atoms with Crippen LogP contribution in [0.4, 0.5) is 0 Å². The molecule has 2 heterocycles. The Kier molecular flexibility index (Phi) is 5.16. The summed E-state index contributed by atoms with van der Waals surface area (Å²) in [5.74, 6) is 1.48. The van der Waals surface area contributed by atoms with Crippen LogP contribution in [0.2, 0.25) is 0 Å². The smallest absolute Gasteiger partial charge is 0.200 e. The fourth-order valence-corrected chi connectivity index (χ4v) is 4.05. The van der Waals surface area contributed by atoms with Gasteiger partial charge in [-0.1, -0.05) is 19.3 Å². The number of ether oxygens (including phenoxy) is 3. The molecule has 0 radical (unpaired) electrons. The van der Waals surface area contributed by atoms with Gasteiger partial charge in [0, 0.05) is 12.0 Å². The number of methoxy groups -OCH3 is 1. The molecule has 1 atom stereocenters. The third-order valence-electron chi connectivity index (χ3n) is 5.38. The van der Waals surface area contributed by atoms with Gasteiger partial charge in [0.2, 0.25) is 0 Å². The topological polar surface area (TPSA) is 45.5 Å². The van der Waals surface area contributed by atoms with Crippen LogP contribution >= 0.6 is 0 Å². The zero-order valence-electron chi connectivity index (χ0n) is 15.7. The van der Waals surface area contributed by atoms with Crippen LogP contribution in [0.15, 0.2) is 24.3 Å². The normalized spacial score (nSPS) is 21.1. The Morgan fingerprint density at radius 3 is 2.62 bits per heavy atom. The molecule has 1 aliphatic carbocycles. The highest BCUT2D eigenvalue weighted by molar-refractivity contribution is 5.65. The summed E-state index contributed by atoms with van der Waals surface area (Å²) in [7, 11) is 1.67. The molecule has 1 aromatic heterocycles. The molecule has 1 aliphatic heterocycles. The molecule has 2 aliphatic rings. The van der Waals surface area contributed by atoms with Gasteiger partial charge in [-0.25, -0.2) is 0 Å². The lowest BCUT2D eigenvalue weighted by Crippen LogP contribution is -2.16. The molecule has 5 heteroatoms. The largest absolute Gasteiger partial charge is 0.493 e. The standard InChI is InChI=1S/C21H28N2O3/c1-15-13-18(23(22-15)17-7-4-3-5-8-17)16-10-11-19(24-2)20(14-16)26-21-9-6-12-25-21/h10-11,13-14,17,21H,3-9,12H2,1-2H3/t21-/m0/s1. The van der Waals surface area contributed by atoms with E-state index in [1.165, 1.54) is 32.1 Å². The maximum Gasteiger partial charge on any atom is 0.200 e. The molecular formula is C21H28N2O3. The van der Waals surface area contributed by atoms with Gasteiger partial charge in [-0.05, 0) is 50.5 Å². The summed E-state index contributed by atoms with van der Waals surface area (Å²) in [6.45, 7) is 2.83. The van der Waals surface area contributed by atoms with E-state index in [1.807, 2.05) is 6.07 Å². The Morgan fingerprint density at radius 1 is 1.04 bits per heavy atom. The minimum absolute atomic E-state index is 0.177. The second-order valence-electron chi connectivity index (χ2n) is 7.33. The molecule has 2 fully saturated rings. The SMILES string of the molecule is COc1ccc(-c2cc(C)nn2C2CCCCC2)cc1O[C@H]1CCCO1. The quantitative estimate of drug-likeness (QED) is 0.765. The fourth-order valence-electron chi connectivity index (χ4n) is 4.05. The molecular weight excluding hydrogens is 328 g/mol. The first kappa shape index (κ1) is 17.4. The number of rotatable bonds is 5. The third kappa shape index (κ3) is 3.58. The van der Waals surface area contributed by atoms with Crippen molar-refractivity contribution in [1.82, 2.24) is 9.78 Å². The Balaban J connectivity index is 1.66. The molecule has 140 valence electrons. The van der Waals surface area contributed by atoms with E-state index in [1.54, 1.807) is 7.11 Å². The highest BCUT2D eigenvalue weighted by atomic mass is 16.7. The van der Waals surface area contributed by atoms with Crippen molar-refractivity contribution in [3.8, 4) is 22.8 Å². The van der Waals surface area contributed by atoms with E-state index in [2.05, 4.69) is 29.8 Å². The van der Waals surface area contributed by atoms with Gasteiger partial charge in [0.05, 0.1) is 31.1 Å². The molecule has 4 rings (SSSR count). The monoisotopic (exact) mass is 356 g/mol. The van der Waals surface area contributed by atoms with Gasteiger partial charge < -0.3 is 14.2 Å². The first-order valence-corrected chi connectivity index (χ1v) is 9.77. The molecule has 0 N–H and O–H groups in total. The van der Waals surface area contributed by atoms with Gasteiger partial charge in [0.25, 0.3) is 0 Å². The summed E-state index contributed by atoms with van der Waals surface area (Å²) >= 11 is 0. The minimum atomic E-state index is -0.177. The van der Waals surface area contributed by atoms with Crippen molar-refractivity contribution in [2.45, 2.75) is 64.2 Å². The van der Waals surface area contributed by atoms with E-state index < -0.39 is 0 Å². The molecule has 1 aromatic carbocycles. The second kappa shape index (κ2) is 7.70. The predicted octanol–water partition coefficient (Wildman–Crippen LogP) is 4.89. The Bertz CT molecular complexity index is 744. The van der Waals surface area contributed by atoms with Crippen molar-refractivity contribution in [3.05, 3.63) is 30.0 Å². The predicted molar refractivity (Wildman–Crippen MR) is 101 cm³/mol. The number of aryl methyl sites for hydroxylation is 1. The number of nitrogens with zero attached hydrogens (tertiary/aromatic N) is 2. The van der Waals surface area contributed by atoms with Crippen LogP contribution in [0.1, 0.15) is 56.7 Å². The Labute approximate surface area is 155 Å². The van der Waals surface area contributed by atoms with Gasteiger partial charge in [-0.15, -0.1) is 0 Å². The van der Waals surface area contributed by atoms with Crippen LogP contribution in [-0.2, 0) is 4.74 Å². The zero-order valence-corrected chi connectivity index (χ0v) is 15.7. The molecule has 0 amide bonds. The first-order chi connectivity index (χ1) is 12.7. The van der Waals surface area contributed by atoms with Crippen LogP contribution < -0.4 is 9.47 Å². The molecule has 2 aromatic rings. The van der Waals surface area contributed by atoms with E-state index in [0.717, 1.165) is 47.9 Å². The van der Waals surface area contributed by atoms with E-state index >= 15 is 0 Å².